The van der Waals surface area contributed by atoms with Gasteiger partial charge in [-0.2, -0.15) is 0 Å². The molecule has 2 aromatic rings. The highest BCUT2D eigenvalue weighted by molar-refractivity contribution is 6.21. The summed E-state index contributed by atoms with van der Waals surface area (Å²) in [4.78, 5) is 11.5. The monoisotopic (exact) mass is 529 g/mol. The first kappa shape index (κ1) is 27.9. The standard InChI is InChI=1S/C28H37F2N5O3/c1-16-25(24(17(2)31)18(3)36)33-26(22-11-21(5-6-23(22)30)38-13-20(37)12-32-4)34-27(16)35-14-28(15-35)9-7-19(29)8-10-28/h5-6,11,19-20,31-32,36-37H,7-10,12-15H2,1-4H3/b24-18+,31-17?/t20-/m1/s1. The van der Waals surface area contributed by atoms with E-state index in [-0.39, 0.29) is 40.5 Å². The van der Waals surface area contributed by atoms with Gasteiger partial charge in [-0.05, 0) is 71.7 Å². The molecule has 2 aliphatic rings. The second-order valence-electron chi connectivity index (χ2n) is 10.6. The summed E-state index contributed by atoms with van der Waals surface area (Å²) in [5.74, 6) is 0.453. The van der Waals surface area contributed by atoms with Gasteiger partial charge >= 0.3 is 0 Å². The van der Waals surface area contributed by atoms with Gasteiger partial charge in [0.15, 0.2) is 5.82 Å². The number of anilines is 1. The summed E-state index contributed by atoms with van der Waals surface area (Å²) < 4.78 is 34.6. The Labute approximate surface area is 222 Å². The lowest BCUT2D eigenvalue weighted by atomic mass is 9.68. The van der Waals surface area contributed by atoms with Gasteiger partial charge in [0.05, 0.1) is 16.8 Å². The van der Waals surface area contributed by atoms with Crippen LogP contribution in [0.3, 0.4) is 0 Å². The quantitative estimate of drug-likeness (QED) is 0.277. The highest BCUT2D eigenvalue weighted by Gasteiger charge is 2.46. The number of ether oxygens (including phenoxy) is 1. The average Bonchev–Trinajstić information content (AvgIpc) is 2.84. The largest absolute Gasteiger partial charge is 0.512 e. The molecular weight excluding hydrogens is 492 g/mol. The number of nitrogens with one attached hydrogen (secondary N) is 2. The van der Waals surface area contributed by atoms with Crippen LogP contribution in [0.25, 0.3) is 17.0 Å². The smallest absolute Gasteiger partial charge is 0.165 e. The van der Waals surface area contributed by atoms with Crippen molar-refractivity contribution in [3.05, 3.63) is 41.0 Å². The second-order valence-corrected chi connectivity index (χ2v) is 10.6. The number of aliphatic hydroxyl groups excluding tert-OH is 2. The molecule has 206 valence electrons. The molecule has 1 saturated heterocycles. The molecule has 4 N–H and O–H groups in total. The van der Waals surface area contributed by atoms with Crippen LogP contribution in [-0.2, 0) is 0 Å². The van der Waals surface area contributed by atoms with Gasteiger partial charge in [0.2, 0.25) is 0 Å². The van der Waals surface area contributed by atoms with Crippen molar-refractivity contribution in [2.75, 3.05) is 38.2 Å². The zero-order valence-corrected chi connectivity index (χ0v) is 22.4. The number of nitrogens with zero attached hydrogens (tertiary/aromatic N) is 3. The van der Waals surface area contributed by atoms with Crippen LogP contribution in [0, 0.1) is 23.6 Å². The molecule has 1 saturated carbocycles. The van der Waals surface area contributed by atoms with Crippen LogP contribution in [-0.4, -0.2) is 71.5 Å². The second kappa shape index (κ2) is 11.3. The molecular formula is C28H37F2N5O3. The first-order valence-electron chi connectivity index (χ1n) is 13.0. The molecule has 10 heteroatoms. The number of benzene rings is 1. The molecule has 1 atom stereocenters. The lowest BCUT2D eigenvalue weighted by Crippen LogP contribution is -2.58. The van der Waals surface area contributed by atoms with Crippen molar-refractivity contribution in [2.45, 2.75) is 58.7 Å². The first-order valence-corrected chi connectivity index (χ1v) is 13.0. The van der Waals surface area contributed by atoms with E-state index in [1.165, 1.54) is 25.1 Å². The third-order valence-electron chi connectivity index (χ3n) is 7.48. The molecule has 1 aliphatic heterocycles. The minimum absolute atomic E-state index is 0.0242. The van der Waals surface area contributed by atoms with Gasteiger partial charge in [-0.25, -0.2) is 18.7 Å². The molecule has 0 bridgehead atoms. The summed E-state index contributed by atoms with van der Waals surface area (Å²) in [5.41, 5.74) is 1.60. The summed E-state index contributed by atoms with van der Waals surface area (Å²) in [6.07, 6.45) is 1.31. The number of alkyl halides is 1. The molecule has 4 rings (SSSR count). The third-order valence-corrected chi connectivity index (χ3v) is 7.48. The van der Waals surface area contributed by atoms with Gasteiger partial charge in [-0.3, -0.25) is 0 Å². The molecule has 1 aromatic carbocycles. The highest BCUT2D eigenvalue weighted by atomic mass is 19.1. The van der Waals surface area contributed by atoms with E-state index in [0.717, 1.165) is 12.8 Å². The Hall–Kier alpha value is -3.11. The van der Waals surface area contributed by atoms with Crippen molar-refractivity contribution in [1.29, 1.82) is 5.41 Å². The zero-order chi connectivity index (χ0) is 27.6. The van der Waals surface area contributed by atoms with Crippen molar-refractivity contribution in [2.24, 2.45) is 5.41 Å². The molecule has 8 nitrogen and oxygen atoms in total. The Balaban J connectivity index is 1.74. The van der Waals surface area contributed by atoms with Crippen LogP contribution in [0.15, 0.2) is 24.0 Å². The Morgan fingerprint density at radius 2 is 1.95 bits per heavy atom. The number of rotatable bonds is 9. The maximum absolute atomic E-state index is 15.1. The maximum atomic E-state index is 15.1. The van der Waals surface area contributed by atoms with Crippen molar-refractivity contribution in [3.8, 4) is 17.1 Å². The fourth-order valence-electron chi connectivity index (χ4n) is 5.47. The van der Waals surface area contributed by atoms with E-state index in [9.17, 15) is 14.6 Å². The molecule has 1 aliphatic carbocycles. The van der Waals surface area contributed by atoms with E-state index in [2.05, 4.69) is 15.2 Å². The highest BCUT2D eigenvalue weighted by Crippen LogP contribution is 2.47. The van der Waals surface area contributed by atoms with E-state index in [1.807, 2.05) is 6.92 Å². The van der Waals surface area contributed by atoms with Crippen molar-refractivity contribution < 1.29 is 23.7 Å². The van der Waals surface area contributed by atoms with Gasteiger partial charge in [-0.1, -0.05) is 0 Å². The summed E-state index contributed by atoms with van der Waals surface area (Å²) >= 11 is 0. The van der Waals surface area contributed by atoms with Crippen LogP contribution in [0.2, 0.25) is 0 Å². The number of aromatic nitrogens is 2. The van der Waals surface area contributed by atoms with Crippen molar-refractivity contribution in [1.82, 2.24) is 15.3 Å². The number of likely N-dealkylation sites (N-methyl/N-ethyl adjacent to an activating group) is 1. The van der Waals surface area contributed by atoms with E-state index in [0.29, 0.717) is 55.3 Å². The van der Waals surface area contributed by atoms with Crippen LogP contribution in [0.5, 0.6) is 5.75 Å². The van der Waals surface area contributed by atoms with E-state index in [1.54, 1.807) is 14.0 Å². The van der Waals surface area contributed by atoms with E-state index >= 15 is 4.39 Å². The van der Waals surface area contributed by atoms with E-state index in [4.69, 9.17) is 15.1 Å². The van der Waals surface area contributed by atoms with Gasteiger partial charge in [-0.15, -0.1) is 0 Å². The number of aliphatic hydroxyl groups is 2. The van der Waals surface area contributed by atoms with Crippen LogP contribution in [0.4, 0.5) is 14.6 Å². The Morgan fingerprint density at radius 3 is 2.55 bits per heavy atom. The molecule has 0 amide bonds. The Morgan fingerprint density at radius 1 is 1.26 bits per heavy atom. The Bertz CT molecular complexity index is 1220. The van der Waals surface area contributed by atoms with Gasteiger partial charge in [0, 0.05) is 36.3 Å². The first-order chi connectivity index (χ1) is 18.0. The molecule has 2 fully saturated rings. The zero-order valence-electron chi connectivity index (χ0n) is 22.4. The van der Waals surface area contributed by atoms with Crippen LogP contribution < -0.4 is 15.0 Å². The summed E-state index contributed by atoms with van der Waals surface area (Å²) in [7, 11) is 1.72. The normalized spacial score (nSPS) is 18.7. The summed E-state index contributed by atoms with van der Waals surface area (Å²) in [6, 6.07) is 4.24. The third kappa shape index (κ3) is 5.81. The van der Waals surface area contributed by atoms with Gasteiger partial charge in [0.1, 0.15) is 42.0 Å². The van der Waals surface area contributed by atoms with Gasteiger partial charge in [0.25, 0.3) is 0 Å². The minimum atomic E-state index is -0.735. The predicted molar refractivity (Wildman–Crippen MR) is 144 cm³/mol. The fraction of sp³-hybridized carbons (Fsp3) is 0.536. The van der Waals surface area contributed by atoms with Crippen LogP contribution >= 0.6 is 0 Å². The maximum Gasteiger partial charge on any atom is 0.165 e. The summed E-state index contributed by atoms with van der Waals surface area (Å²) in [5, 5.41) is 31.5. The van der Waals surface area contributed by atoms with Crippen molar-refractivity contribution >= 4 is 17.1 Å². The molecule has 1 spiro atoms. The topological polar surface area (TPSA) is 115 Å². The lowest BCUT2D eigenvalue weighted by molar-refractivity contribution is 0.0900. The average molecular weight is 530 g/mol. The number of allylic oxidation sites excluding steroid dienone is 2. The SMILES string of the molecule is CNC[C@@H](O)COc1ccc(F)c(-c2nc(/C(C(C)=N)=C(\C)O)c(C)c(N3CC4(CCC(F)CC4)C3)n2)c1. The molecule has 2 heterocycles. The van der Waals surface area contributed by atoms with Crippen molar-refractivity contribution in [3.63, 3.8) is 0 Å². The molecule has 38 heavy (non-hydrogen) atoms. The number of hydrogen-bond donors (Lipinski definition) is 4. The van der Waals surface area contributed by atoms with E-state index < -0.39 is 18.1 Å². The minimum Gasteiger partial charge on any atom is -0.512 e. The molecule has 0 radical (unpaired) electrons. The van der Waals surface area contributed by atoms with Crippen LogP contribution in [0.1, 0.15) is 50.8 Å². The fourth-order valence-corrected chi connectivity index (χ4v) is 5.47. The number of hydrogen-bond acceptors (Lipinski definition) is 8. The number of halogens is 2. The van der Waals surface area contributed by atoms with Gasteiger partial charge < -0.3 is 30.6 Å². The molecule has 1 aromatic heterocycles. The Kier molecular flexibility index (Phi) is 8.32. The molecule has 0 unspecified atom stereocenters. The lowest BCUT2D eigenvalue weighted by Gasteiger charge is -2.53. The summed E-state index contributed by atoms with van der Waals surface area (Å²) in [6.45, 7) is 6.70. The predicted octanol–water partition coefficient (Wildman–Crippen LogP) is 4.60.